The van der Waals surface area contributed by atoms with E-state index >= 15 is 0 Å². The Bertz CT molecular complexity index is 693. The van der Waals surface area contributed by atoms with Gasteiger partial charge >= 0.3 is 0 Å². The highest BCUT2D eigenvalue weighted by atomic mass is 16.6. The molecule has 0 bridgehead atoms. The number of aliphatic hydroxyl groups excluding tert-OH is 1. The molecular weight excluding hydrogens is 280 g/mol. The molecule has 0 radical (unpaired) electrons. The zero-order chi connectivity index (χ0) is 15.8. The number of rotatable bonds is 5. The van der Waals surface area contributed by atoms with Crippen molar-refractivity contribution >= 4 is 6.29 Å². The first kappa shape index (κ1) is 15.6. The van der Waals surface area contributed by atoms with Gasteiger partial charge in [0, 0.05) is 11.1 Å². The van der Waals surface area contributed by atoms with E-state index in [1.54, 1.807) is 18.2 Å². The van der Waals surface area contributed by atoms with E-state index in [9.17, 15) is 4.79 Å². The Morgan fingerprint density at radius 3 is 2.36 bits per heavy atom. The Hall–Kier alpha value is -2.77. The third-order valence-corrected chi connectivity index (χ3v) is 2.88. The molecule has 2 rings (SSSR count). The van der Waals surface area contributed by atoms with E-state index in [2.05, 4.69) is 11.8 Å². The molecule has 2 aromatic rings. The molecule has 0 saturated carbocycles. The van der Waals surface area contributed by atoms with Gasteiger partial charge in [-0.15, -0.1) is 0 Å². The average Bonchev–Trinajstić information content (AvgIpc) is 2.55. The predicted molar refractivity (Wildman–Crippen MR) is 83.1 cm³/mol. The van der Waals surface area contributed by atoms with Crippen molar-refractivity contribution in [1.29, 1.82) is 0 Å². The molecule has 0 atom stereocenters. The van der Waals surface area contributed by atoms with E-state index in [0.717, 1.165) is 11.3 Å². The summed E-state index contributed by atoms with van der Waals surface area (Å²) in [6.07, 6.45) is 0.675. The lowest BCUT2D eigenvalue weighted by Crippen LogP contribution is -1.98. The standard InChI is InChI=1S/C18H16O4/c1-2-21-17-9-6-14(7-10-17)3-4-15-5-8-16(12-19)18(11-15)22-13-20/h5-12,20H,2,13H2,1H3. The monoisotopic (exact) mass is 296 g/mol. The van der Waals surface area contributed by atoms with Crippen molar-refractivity contribution in [3.8, 4) is 23.3 Å². The van der Waals surface area contributed by atoms with Crippen LogP contribution in [0.3, 0.4) is 0 Å². The molecule has 22 heavy (non-hydrogen) atoms. The average molecular weight is 296 g/mol. The van der Waals surface area contributed by atoms with E-state index < -0.39 is 6.79 Å². The number of carbonyl (C=O) groups is 1. The Kier molecular flexibility index (Phi) is 5.58. The lowest BCUT2D eigenvalue weighted by molar-refractivity contribution is 0.0959. The van der Waals surface area contributed by atoms with E-state index in [1.807, 2.05) is 31.2 Å². The van der Waals surface area contributed by atoms with Crippen LogP contribution in [0, 0.1) is 11.8 Å². The number of hydrogen-bond acceptors (Lipinski definition) is 4. The summed E-state index contributed by atoms with van der Waals surface area (Å²) in [6.45, 7) is 2.07. The van der Waals surface area contributed by atoms with Crippen molar-refractivity contribution in [3.05, 3.63) is 59.2 Å². The van der Waals surface area contributed by atoms with Crippen molar-refractivity contribution in [3.63, 3.8) is 0 Å². The lowest BCUT2D eigenvalue weighted by Gasteiger charge is -2.05. The SMILES string of the molecule is CCOc1ccc(C#Cc2ccc(C=O)c(OCO)c2)cc1. The maximum Gasteiger partial charge on any atom is 0.186 e. The molecule has 0 aromatic heterocycles. The van der Waals surface area contributed by atoms with Gasteiger partial charge in [0.05, 0.1) is 12.2 Å². The van der Waals surface area contributed by atoms with Gasteiger partial charge in [0.15, 0.2) is 13.1 Å². The molecule has 4 heteroatoms. The second-order valence-electron chi connectivity index (χ2n) is 4.35. The van der Waals surface area contributed by atoms with E-state index in [4.69, 9.17) is 14.6 Å². The number of carbonyl (C=O) groups excluding carboxylic acids is 1. The summed E-state index contributed by atoms with van der Waals surface area (Å²) in [5.41, 5.74) is 1.93. The molecule has 0 unspecified atom stereocenters. The van der Waals surface area contributed by atoms with Crippen LogP contribution in [0.15, 0.2) is 42.5 Å². The molecule has 2 aromatic carbocycles. The van der Waals surface area contributed by atoms with Crippen molar-refractivity contribution in [1.82, 2.24) is 0 Å². The summed E-state index contributed by atoms with van der Waals surface area (Å²) in [4.78, 5) is 10.9. The van der Waals surface area contributed by atoms with Crippen molar-refractivity contribution in [2.75, 3.05) is 13.4 Å². The zero-order valence-electron chi connectivity index (χ0n) is 12.2. The van der Waals surface area contributed by atoms with Crippen LogP contribution in [0.25, 0.3) is 0 Å². The van der Waals surface area contributed by atoms with Gasteiger partial charge < -0.3 is 14.6 Å². The van der Waals surface area contributed by atoms with Crippen molar-refractivity contribution in [2.24, 2.45) is 0 Å². The lowest BCUT2D eigenvalue weighted by atomic mass is 10.1. The molecule has 0 amide bonds. The van der Waals surface area contributed by atoms with Gasteiger partial charge in [0.1, 0.15) is 11.5 Å². The van der Waals surface area contributed by atoms with E-state index in [1.165, 1.54) is 0 Å². The largest absolute Gasteiger partial charge is 0.494 e. The topological polar surface area (TPSA) is 55.8 Å². The maximum absolute atomic E-state index is 10.9. The number of ether oxygens (including phenoxy) is 2. The van der Waals surface area contributed by atoms with E-state index in [-0.39, 0.29) is 0 Å². The molecule has 4 nitrogen and oxygen atoms in total. The maximum atomic E-state index is 10.9. The number of aliphatic hydroxyl groups is 1. The fourth-order valence-corrected chi connectivity index (χ4v) is 1.85. The highest BCUT2D eigenvalue weighted by molar-refractivity contribution is 5.79. The Balaban J connectivity index is 2.20. The Morgan fingerprint density at radius 1 is 1.05 bits per heavy atom. The first-order chi connectivity index (χ1) is 10.8. The summed E-state index contributed by atoms with van der Waals surface area (Å²) in [7, 11) is 0. The third kappa shape index (κ3) is 4.11. The van der Waals surface area contributed by atoms with Crippen molar-refractivity contribution < 1.29 is 19.4 Å². The minimum Gasteiger partial charge on any atom is -0.494 e. The number of aldehydes is 1. The van der Waals surface area contributed by atoms with Crippen molar-refractivity contribution in [2.45, 2.75) is 6.92 Å². The first-order valence-corrected chi connectivity index (χ1v) is 6.84. The van der Waals surface area contributed by atoms with Crippen LogP contribution in [-0.2, 0) is 0 Å². The Morgan fingerprint density at radius 2 is 1.73 bits per heavy atom. The molecule has 0 saturated heterocycles. The molecule has 0 heterocycles. The van der Waals surface area contributed by atoms with Gasteiger partial charge in [-0.1, -0.05) is 11.8 Å². The minimum absolute atomic E-state index is 0.316. The van der Waals surface area contributed by atoms with Gasteiger partial charge in [-0.25, -0.2) is 0 Å². The minimum atomic E-state index is -0.489. The summed E-state index contributed by atoms with van der Waals surface area (Å²) in [5, 5.41) is 8.82. The molecular formula is C18H16O4. The van der Waals surface area contributed by atoms with Crippen LogP contribution >= 0.6 is 0 Å². The predicted octanol–water partition coefficient (Wildman–Crippen LogP) is 2.63. The molecule has 1 N–H and O–H groups in total. The van der Waals surface area contributed by atoms with Crippen LogP contribution in [0.2, 0.25) is 0 Å². The Labute approximate surface area is 129 Å². The number of benzene rings is 2. The van der Waals surface area contributed by atoms with Crippen LogP contribution < -0.4 is 9.47 Å². The smallest absolute Gasteiger partial charge is 0.186 e. The van der Waals surface area contributed by atoms with E-state index in [0.29, 0.717) is 29.8 Å². The number of hydrogen-bond donors (Lipinski definition) is 1. The summed E-state index contributed by atoms with van der Waals surface area (Å²) in [5.74, 6) is 7.14. The van der Waals surface area contributed by atoms with Gasteiger partial charge in [0.2, 0.25) is 0 Å². The van der Waals surface area contributed by atoms with Gasteiger partial charge in [-0.05, 0) is 49.4 Å². The van der Waals surface area contributed by atoms with Crippen LogP contribution in [0.1, 0.15) is 28.4 Å². The highest BCUT2D eigenvalue weighted by Gasteiger charge is 2.03. The van der Waals surface area contributed by atoms with Gasteiger partial charge in [0.25, 0.3) is 0 Å². The third-order valence-electron chi connectivity index (χ3n) is 2.88. The van der Waals surface area contributed by atoms with Gasteiger partial charge in [-0.2, -0.15) is 0 Å². The van der Waals surface area contributed by atoms with Gasteiger partial charge in [-0.3, -0.25) is 4.79 Å². The summed E-state index contributed by atoms with van der Waals surface area (Å²) >= 11 is 0. The fourth-order valence-electron chi connectivity index (χ4n) is 1.85. The molecule has 112 valence electrons. The quantitative estimate of drug-likeness (QED) is 0.523. The zero-order valence-corrected chi connectivity index (χ0v) is 12.2. The van der Waals surface area contributed by atoms with Crippen LogP contribution in [0.5, 0.6) is 11.5 Å². The van der Waals surface area contributed by atoms with Crippen LogP contribution in [-0.4, -0.2) is 24.8 Å². The first-order valence-electron chi connectivity index (χ1n) is 6.84. The second kappa shape index (κ2) is 7.87. The fraction of sp³-hybridized carbons (Fsp3) is 0.167. The molecule has 0 aliphatic carbocycles. The summed E-state index contributed by atoms with van der Waals surface area (Å²) < 4.78 is 10.4. The molecule has 0 aliphatic heterocycles. The molecule has 0 aliphatic rings. The highest BCUT2D eigenvalue weighted by Crippen LogP contribution is 2.18. The molecule has 0 fully saturated rings. The van der Waals surface area contributed by atoms with Crippen LogP contribution in [0.4, 0.5) is 0 Å². The summed E-state index contributed by atoms with van der Waals surface area (Å²) in [6, 6.07) is 12.5. The molecule has 0 spiro atoms. The normalized spacial score (nSPS) is 9.55. The second-order valence-corrected chi connectivity index (χ2v) is 4.35.